The van der Waals surface area contributed by atoms with Gasteiger partial charge in [-0.3, -0.25) is 4.79 Å². The number of fused-ring (bicyclic) bond motifs is 1. The van der Waals surface area contributed by atoms with Crippen molar-refractivity contribution in [3.05, 3.63) is 53.0 Å². The quantitative estimate of drug-likeness (QED) is 0.489. The van der Waals surface area contributed by atoms with Crippen molar-refractivity contribution in [3.63, 3.8) is 0 Å². The molecule has 0 N–H and O–H groups in total. The smallest absolute Gasteiger partial charge is 0.214 e. The predicted octanol–water partition coefficient (Wildman–Crippen LogP) is 4.22. The minimum absolute atomic E-state index is 0.144. The Labute approximate surface area is 149 Å². The van der Waals surface area contributed by atoms with E-state index in [1.54, 1.807) is 39.5 Å². The van der Waals surface area contributed by atoms with Crippen molar-refractivity contribution < 1.29 is 19.0 Å². The summed E-state index contributed by atoms with van der Waals surface area (Å²) in [6.45, 7) is 0. The van der Waals surface area contributed by atoms with Crippen molar-refractivity contribution in [3.8, 4) is 17.2 Å². The number of allylic oxidation sites excluding steroid dienone is 1. The molecule has 0 aliphatic carbocycles. The number of benzene rings is 2. The van der Waals surface area contributed by atoms with Crippen LogP contribution in [0.3, 0.4) is 0 Å². The van der Waals surface area contributed by atoms with Crippen LogP contribution in [0.5, 0.6) is 17.2 Å². The van der Waals surface area contributed by atoms with Crippen LogP contribution in [0.1, 0.15) is 15.4 Å². The van der Waals surface area contributed by atoms with E-state index in [0.717, 1.165) is 15.8 Å². The number of aromatic nitrogens is 1. The number of para-hydroxylation sites is 1. The van der Waals surface area contributed by atoms with Gasteiger partial charge in [0.2, 0.25) is 11.5 Å². The third-order valence-electron chi connectivity index (χ3n) is 3.62. The second-order valence-electron chi connectivity index (χ2n) is 5.14. The van der Waals surface area contributed by atoms with Gasteiger partial charge in [0.05, 0.1) is 31.5 Å². The Morgan fingerprint density at radius 3 is 2.32 bits per heavy atom. The summed E-state index contributed by atoms with van der Waals surface area (Å²) < 4.78 is 16.9. The summed E-state index contributed by atoms with van der Waals surface area (Å²) >= 11 is 1.38. The number of ether oxygens (including phenoxy) is 3. The highest BCUT2D eigenvalue weighted by molar-refractivity contribution is 7.20. The van der Waals surface area contributed by atoms with Gasteiger partial charge in [-0.05, 0) is 35.9 Å². The maximum Gasteiger partial charge on any atom is 0.214 e. The molecule has 6 heteroatoms. The highest BCUT2D eigenvalue weighted by Crippen LogP contribution is 2.38. The molecule has 0 fully saturated rings. The van der Waals surface area contributed by atoms with Gasteiger partial charge in [-0.15, -0.1) is 11.3 Å². The molecular weight excluding hydrogens is 338 g/mol. The van der Waals surface area contributed by atoms with E-state index in [2.05, 4.69) is 4.98 Å². The summed E-state index contributed by atoms with van der Waals surface area (Å²) in [4.78, 5) is 16.8. The molecule has 5 nitrogen and oxygen atoms in total. The minimum atomic E-state index is -0.144. The van der Waals surface area contributed by atoms with Gasteiger partial charge in [0.25, 0.3) is 0 Å². The maximum absolute atomic E-state index is 12.4. The van der Waals surface area contributed by atoms with Crippen molar-refractivity contribution in [1.29, 1.82) is 0 Å². The first-order valence-electron chi connectivity index (χ1n) is 7.54. The first-order chi connectivity index (χ1) is 12.2. The van der Waals surface area contributed by atoms with E-state index in [1.165, 1.54) is 17.4 Å². The average Bonchev–Trinajstić information content (AvgIpc) is 3.09. The lowest BCUT2D eigenvalue weighted by molar-refractivity contribution is 0.104. The molecule has 3 aromatic rings. The van der Waals surface area contributed by atoms with Gasteiger partial charge in [0.15, 0.2) is 16.5 Å². The van der Waals surface area contributed by atoms with Crippen LogP contribution in [0.15, 0.2) is 42.5 Å². The number of thiazole rings is 1. The van der Waals surface area contributed by atoms with E-state index in [0.29, 0.717) is 22.3 Å². The molecule has 1 heterocycles. The molecule has 0 atom stereocenters. The van der Waals surface area contributed by atoms with Crippen LogP contribution in [-0.2, 0) is 0 Å². The lowest BCUT2D eigenvalue weighted by Crippen LogP contribution is -1.96. The summed E-state index contributed by atoms with van der Waals surface area (Å²) in [6, 6.07) is 11.2. The van der Waals surface area contributed by atoms with Gasteiger partial charge in [-0.2, -0.15) is 0 Å². The summed E-state index contributed by atoms with van der Waals surface area (Å²) in [5, 5.41) is 0.463. The van der Waals surface area contributed by atoms with Gasteiger partial charge in [-0.1, -0.05) is 18.2 Å². The van der Waals surface area contributed by atoms with E-state index < -0.39 is 0 Å². The fourth-order valence-electron chi connectivity index (χ4n) is 2.42. The van der Waals surface area contributed by atoms with Crippen molar-refractivity contribution in [1.82, 2.24) is 4.98 Å². The minimum Gasteiger partial charge on any atom is -0.493 e. The molecule has 3 rings (SSSR count). The molecule has 0 aliphatic heterocycles. The third kappa shape index (κ3) is 3.49. The summed E-state index contributed by atoms with van der Waals surface area (Å²) in [6.07, 6.45) is 3.21. The molecule has 25 heavy (non-hydrogen) atoms. The number of nitrogens with zero attached hydrogens (tertiary/aromatic N) is 1. The second kappa shape index (κ2) is 7.36. The first kappa shape index (κ1) is 17.0. The van der Waals surface area contributed by atoms with Gasteiger partial charge >= 0.3 is 0 Å². The van der Waals surface area contributed by atoms with Gasteiger partial charge in [0, 0.05) is 0 Å². The molecule has 0 spiro atoms. The normalized spacial score (nSPS) is 11.0. The van der Waals surface area contributed by atoms with Gasteiger partial charge in [0.1, 0.15) is 0 Å². The monoisotopic (exact) mass is 355 g/mol. The van der Waals surface area contributed by atoms with Crippen LogP contribution in [-0.4, -0.2) is 32.1 Å². The molecule has 0 saturated carbocycles. The van der Waals surface area contributed by atoms with E-state index in [-0.39, 0.29) is 5.78 Å². The predicted molar refractivity (Wildman–Crippen MR) is 99.1 cm³/mol. The van der Waals surface area contributed by atoms with E-state index in [4.69, 9.17) is 14.2 Å². The summed E-state index contributed by atoms with van der Waals surface area (Å²) in [5.41, 5.74) is 1.60. The molecule has 0 unspecified atom stereocenters. The van der Waals surface area contributed by atoms with Crippen molar-refractivity contribution in [2.24, 2.45) is 0 Å². The molecule has 128 valence electrons. The number of carbonyl (C=O) groups is 1. The molecule has 0 amide bonds. The number of hydrogen-bond acceptors (Lipinski definition) is 6. The average molecular weight is 355 g/mol. The van der Waals surface area contributed by atoms with E-state index in [1.807, 2.05) is 24.3 Å². The fourth-order valence-corrected chi connectivity index (χ4v) is 3.30. The van der Waals surface area contributed by atoms with Crippen LogP contribution in [0.4, 0.5) is 0 Å². The lowest BCUT2D eigenvalue weighted by Gasteiger charge is -2.12. The molecule has 0 aliphatic rings. The van der Waals surface area contributed by atoms with Crippen LogP contribution in [0.2, 0.25) is 0 Å². The summed E-state index contributed by atoms with van der Waals surface area (Å²) in [7, 11) is 4.65. The lowest BCUT2D eigenvalue weighted by atomic mass is 10.1. The first-order valence-corrected chi connectivity index (χ1v) is 8.36. The topological polar surface area (TPSA) is 57.7 Å². The Kier molecular flexibility index (Phi) is 5.00. The zero-order chi connectivity index (χ0) is 17.8. The fraction of sp³-hybridized carbons (Fsp3) is 0.158. The Bertz CT molecular complexity index is 887. The number of ketones is 1. The van der Waals surface area contributed by atoms with Crippen LogP contribution in [0, 0.1) is 0 Å². The highest BCUT2D eigenvalue weighted by Gasteiger charge is 2.13. The SMILES string of the molecule is COc1cc(C=CC(=O)c2nc3ccccc3s2)cc(OC)c1OC. The number of rotatable bonds is 6. The standard InChI is InChI=1S/C19H17NO4S/c1-22-15-10-12(11-16(23-2)18(15)24-3)8-9-14(21)19-20-13-6-4-5-7-17(13)25-19/h4-11H,1-3H3. The Hall–Kier alpha value is -2.86. The second-order valence-corrected chi connectivity index (χ2v) is 6.17. The maximum atomic E-state index is 12.4. The van der Waals surface area contributed by atoms with Gasteiger partial charge in [-0.25, -0.2) is 4.98 Å². The molecule has 1 aromatic heterocycles. The molecular formula is C19H17NO4S. The number of methoxy groups -OCH3 is 3. The van der Waals surface area contributed by atoms with E-state index >= 15 is 0 Å². The largest absolute Gasteiger partial charge is 0.493 e. The molecule has 0 bridgehead atoms. The van der Waals surface area contributed by atoms with Gasteiger partial charge < -0.3 is 14.2 Å². The molecule has 0 radical (unpaired) electrons. The van der Waals surface area contributed by atoms with Crippen molar-refractivity contribution >= 4 is 33.4 Å². The van der Waals surface area contributed by atoms with Crippen LogP contribution in [0.25, 0.3) is 16.3 Å². The van der Waals surface area contributed by atoms with Crippen LogP contribution >= 0.6 is 11.3 Å². The molecule has 2 aromatic carbocycles. The number of carbonyl (C=O) groups excluding carboxylic acids is 1. The third-order valence-corrected chi connectivity index (χ3v) is 4.67. The van der Waals surface area contributed by atoms with Crippen molar-refractivity contribution in [2.45, 2.75) is 0 Å². The zero-order valence-electron chi connectivity index (χ0n) is 14.1. The molecule has 0 saturated heterocycles. The van der Waals surface area contributed by atoms with Crippen LogP contribution < -0.4 is 14.2 Å². The summed E-state index contributed by atoms with van der Waals surface area (Å²) in [5.74, 6) is 1.44. The Morgan fingerprint density at radius 2 is 1.72 bits per heavy atom. The van der Waals surface area contributed by atoms with E-state index in [9.17, 15) is 4.79 Å². The Balaban J connectivity index is 1.89. The number of hydrogen-bond donors (Lipinski definition) is 0. The Morgan fingerprint density at radius 1 is 1.04 bits per heavy atom. The van der Waals surface area contributed by atoms with Crippen molar-refractivity contribution in [2.75, 3.05) is 21.3 Å². The zero-order valence-corrected chi connectivity index (χ0v) is 14.9. The highest BCUT2D eigenvalue weighted by atomic mass is 32.1.